The molecule has 0 spiro atoms. The van der Waals surface area contributed by atoms with E-state index in [1.165, 1.54) is 5.70 Å². The van der Waals surface area contributed by atoms with Crippen LogP contribution in [0.25, 0.3) is 0 Å². The Labute approximate surface area is 70.4 Å². The van der Waals surface area contributed by atoms with Crippen molar-refractivity contribution in [2.45, 2.75) is 20.8 Å². The Hall–Kier alpha value is -0.720. The number of rotatable bonds is 4. The van der Waals surface area contributed by atoms with Crippen LogP contribution >= 0.6 is 0 Å². The van der Waals surface area contributed by atoms with Crippen molar-refractivity contribution >= 4 is 0 Å². The van der Waals surface area contributed by atoms with E-state index in [9.17, 15) is 0 Å². The summed E-state index contributed by atoms with van der Waals surface area (Å²) in [5.74, 6) is 0.594. The van der Waals surface area contributed by atoms with Crippen LogP contribution in [0.2, 0.25) is 0 Å². The standard InChI is InChI=1S/C10H19N/c1-6-10(8-9(3)4)11(5)7-2/h6,8-9H,1,7H2,2-5H3/b10-8-. The minimum atomic E-state index is 0.594. The number of hydrogen-bond donors (Lipinski definition) is 0. The summed E-state index contributed by atoms with van der Waals surface area (Å²) in [7, 11) is 2.08. The minimum Gasteiger partial charge on any atom is -0.375 e. The summed E-state index contributed by atoms with van der Waals surface area (Å²) in [6.45, 7) is 11.3. The molecule has 0 heterocycles. The molecular weight excluding hydrogens is 134 g/mol. The van der Waals surface area contributed by atoms with Crippen molar-refractivity contribution in [1.29, 1.82) is 0 Å². The first kappa shape index (κ1) is 10.3. The minimum absolute atomic E-state index is 0.594. The van der Waals surface area contributed by atoms with Gasteiger partial charge in [-0.1, -0.05) is 26.5 Å². The van der Waals surface area contributed by atoms with Crippen LogP contribution in [0.15, 0.2) is 24.4 Å². The summed E-state index contributed by atoms with van der Waals surface area (Å²) in [5, 5.41) is 0. The highest BCUT2D eigenvalue weighted by Gasteiger charge is 1.97. The first-order chi connectivity index (χ1) is 5.11. The van der Waals surface area contributed by atoms with Gasteiger partial charge in [-0.25, -0.2) is 0 Å². The molecule has 0 saturated carbocycles. The van der Waals surface area contributed by atoms with Crippen LogP contribution in [0, 0.1) is 5.92 Å². The summed E-state index contributed by atoms with van der Waals surface area (Å²) < 4.78 is 0. The molecule has 0 atom stereocenters. The number of nitrogens with zero attached hydrogens (tertiary/aromatic N) is 1. The van der Waals surface area contributed by atoms with Crippen LogP contribution in [-0.2, 0) is 0 Å². The van der Waals surface area contributed by atoms with Gasteiger partial charge in [-0.15, -0.1) is 0 Å². The van der Waals surface area contributed by atoms with Gasteiger partial charge in [-0.2, -0.15) is 0 Å². The SMILES string of the molecule is C=C/C(=C/C(C)C)N(C)CC. The molecule has 0 aliphatic carbocycles. The highest BCUT2D eigenvalue weighted by atomic mass is 15.1. The molecule has 0 amide bonds. The molecular formula is C10H19N. The second-order valence-corrected chi connectivity index (χ2v) is 3.05. The summed E-state index contributed by atoms with van der Waals surface area (Å²) in [5.41, 5.74) is 1.22. The quantitative estimate of drug-likeness (QED) is 0.561. The molecule has 0 unspecified atom stereocenters. The Kier molecular flexibility index (Phi) is 4.67. The fourth-order valence-corrected chi connectivity index (χ4v) is 0.875. The van der Waals surface area contributed by atoms with Gasteiger partial charge < -0.3 is 4.90 Å². The van der Waals surface area contributed by atoms with E-state index in [1.54, 1.807) is 0 Å². The van der Waals surface area contributed by atoms with Gasteiger partial charge in [0.05, 0.1) is 0 Å². The van der Waals surface area contributed by atoms with E-state index < -0.39 is 0 Å². The monoisotopic (exact) mass is 153 g/mol. The Balaban J connectivity index is 4.26. The highest BCUT2D eigenvalue weighted by Crippen LogP contribution is 2.06. The molecule has 0 aromatic rings. The lowest BCUT2D eigenvalue weighted by molar-refractivity contribution is 0.451. The molecule has 0 rings (SSSR count). The Morgan fingerprint density at radius 1 is 1.55 bits per heavy atom. The van der Waals surface area contributed by atoms with Gasteiger partial charge in [0, 0.05) is 19.3 Å². The number of hydrogen-bond acceptors (Lipinski definition) is 1. The Bertz CT molecular complexity index is 145. The van der Waals surface area contributed by atoms with E-state index >= 15 is 0 Å². The molecule has 1 nitrogen and oxygen atoms in total. The summed E-state index contributed by atoms with van der Waals surface area (Å²) >= 11 is 0. The van der Waals surface area contributed by atoms with Crippen molar-refractivity contribution in [1.82, 2.24) is 4.90 Å². The summed E-state index contributed by atoms with van der Waals surface area (Å²) in [6.07, 6.45) is 4.12. The van der Waals surface area contributed by atoms with Gasteiger partial charge in [0.2, 0.25) is 0 Å². The molecule has 0 radical (unpaired) electrons. The molecule has 0 N–H and O–H groups in total. The first-order valence-electron chi connectivity index (χ1n) is 4.17. The van der Waals surface area contributed by atoms with Crippen LogP contribution in [0.4, 0.5) is 0 Å². The van der Waals surface area contributed by atoms with Crippen LogP contribution in [-0.4, -0.2) is 18.5 Å². The zero-order valence-electron chi connectivity index (χ0n) is 8.09. The van der Waals surface area contributed by atoms with Crippen LogP contribution in [0.1, 0.15) is 20.8 Å². The third-order valence-electron chi connectivity index (χ3n) is 1.63. The maximum Gasteiger partial charge on any atom is 0.0319 e. The van der Waals surface area contributed by atoms with Gasteiger partial charge in [-0.3, -0.25) is 0 Å². The van der Waals surface area contributed by atoms with Crippen LogP contribution in [0.5, 0.6) is 0 Å². The molecule has 1 heteroatoms. The molecule has 0 fully saturated rings. The van der Waals surface area contributed by atoms with Crippen molar-refractivity contribution in [3.8, 4) is 0 Å². The van der Waals surface area contributed by atoms with E-state index in [0.717, 1.165) is 6.54 Å². The van der Waals surface area contributed by atoms with Gasteiger partial charge >= 0.3 is 0 Å². The van der Waals surface area contributed by atoms with Crippen molar-refractivity contribution in [2.75, 3.05) is 13.6 Å². The van der Waals surface area contributed by atoms with Crippen molar-refractivity contribution in [2.24, 2.45) is 5.92 Å². The second kappa shape index (κ2) is 5.00. The normalized spacial score (nSPS) is 11.9. The summed E-state index contributed by atoms with van der Waals surface area (Å²) in [4.78, 5) is 2.19. The predicted octanol–water partition coefficient (Wildman–Crippen LogP) is 2.66. The third kappa shape index (κ3) is 3.87. The highest BCUT2D eigenvalue weighted by molar-refractivity contribution is 5.14. The summed E-state index contributed by atoms with van der Waals surface area (Å²) in [6, 6.07) is 0. The van der Waals surface area contributed by atoms with E-state index in [0.29, 0.717) is 5.92 Å². The van der Waals surface area contributed by atoms with Crippen molar-refractivity contribution in [3.63, 3.8) is 0 Å². The average Bonchev–Trinajstić information content (AvgIpc) is 1.98. The third-order valence-corrected chi connectivity index (χ3v) is 1.63. The maximum absolute atomic E-state index is 3.77. The van der Waals surface area contributed by atoms with E-state index in [1.807, 2.05) is 6.08 Å². The Morgan fingerprint density at radius 3 is 2.36 bits per heavy atom. The van der Waals surface area contributed by atoms with Crippen molar-refractivity contribution in [3.05, 3.63) is 24.4 Å². The van der Waals surface area contributed by atoms with Gasteiger partial charge in [0.25, 0.3) is 0 Å². The van der Waals surface area contributed by atoms with Gasteiger partial charge in [-0.05, 0) is 18.9 Å². The van der Waals surface area contributed by atoms with Crippen molar-refractivity contribution < 1.29 is 0 Å². The van der Waals surface area contributed by atoms with Crippen LogP contribution < -0.4 is 0 Å². The topological polar surface area (TPSA) is 3.24 Å². The number of allylic oxidation sites excluding steroid dienone is 2. The first-order valence-corrected chi connectivity index (χ1v) is 4.17. The average molecular weight is 153 g/mol. The molecule has 0 bridgehead atoms. The maximum atomic E-state index is 3.77. The molecule has 11 heavy (non-hydrogen) atoms. The van der Waals surface area contributed by atoms with Crippen LogP contribution in [0.3, 0.4) is 0 Å². The molecule has 0 aromatic heterocycles. The zero-order chi connectivity index (χ0) is 8.85. The molecule has 0 aliphatic heterocycles. The van der Waals surface area contributed by atoms with Gasteiger partial charge in [0.1, 0.15) is 0 Å². The molecule has 0 saturated heterocycles. The second-order valence-electron chi connectivity index (χ2n) is 3.05. The molecule has 0 aliphatic rings. The van der Waals surface area contributed by atoms with E-state index in [-0.39, 0.29) is 0 Å². The lowest BCUT2D eigenvalue weighted by atomic mass is 10.2. The fourth-order valence-electron chi connectivity index (χ4n) is 0.875. The lowest BCUT2D eigenvalue weighted by Crippen LogP contribution is -2.15. The largest absolute Gasteiger partial charge is 0.375 e. The molecule has 0 aromatic carbocycles. The number of likely N-dealkylation sites (N-methyl/N-ethyl adjacent to an activating group) is 1. The predicted molar refractivity (Wildman–Crippen MR) is 51.4 cm³/mol. The Morgan fingerprint density at radius 2 is 2.09 bits per heavy atom. The van der Waals surface area contributed by atoms with E-state index in [4.69, 9.17) is 0 Å². The molecule has 64 valence electrons. The fraction of sp³-hybridized carbons (Fsp3) is 0.600. The lowest BCUT2D eigenvalue weighted by Gasteiger charge is -2.18. The zero-order valence-corrected chi connectivity index (χ0v) is 8.09. The van der Waals surface area contributed by atoms with E-state index in [2.05, 4.69) is 45.4 Å². The van der Waals surface area contributed by atoms with Gasteiger partial charge in [0.15, 0.2) is 0 Å². The smallest absolute Gasteiger partial charge is 0.0319 e.